The zero-order chi connectivity index (χ0) is 13.4. The Labute approximate surface area is 113 Å². The Hall–Kier alpha value is -1.65. The largest absolute Gasteiger partial charge is 0.348 e. The molecule has 0 fully saturated rings. The van der Waals surface area contributed by atoms with Crippen molar-refractivity contribution >= 4 is 0 Å². The number of aromatic nitrogens is 2. The maximum absolute atomic E-state index is 5.92. The van der Waals surface area contributed by atoms with Crippen LogP contribution in [0, 0.1) is 6.92 Å². The summed E-state index contributed by atoms with van der Waals surface area (Å²) >= 11 is 0. The van der Waals surface area contributed by atoms with Crippen LogP contribution in [0.5, 0.6) is 0 Å². The van der Waals surface area contributed by atoms with Gasteiger partial charge in [-0.1, -0.05) is 24.3 Å². The average molecular weight is 256 g/mol. The second-order valence-electron chi connectivity index (χ2n) is 5.28. The number of aryl methyl sites for hydroxylation is 1. The number of likely N-dealkylation sites (N-methyl/N-ethyl adjacent to an activating group) is 1. The van der Waals surface area contributed by atoms with E-state index in [2.05, 4.69) is 53.1 Å². The van der Waals surface area contributed by atoms with Gasteiger partial charge in [-0.2, -0.15) is 0 Å². The first kappa shape index (κ1) is 12.4. The summed E-state index contributed by atoms with van der Waals surface area (Å²) in [6.45, 7) is 2.82. The summed E-state index contributed by atoms with van der Waals surface area (Å²) in [6.07, 6.45) is 2.74. The highest BCUT2D eigenvalue weighted by atomic mass is 15.2. The number of nitrogens with two attached hydrogens (primary N) is 1. The molecule has 2 aromatic rings. The molecule has 3 rings (SSSR count). The molecule has 0 aliphatic carbocycles. The Morgan fingerprint density at radius 3 is 2.95 bits per heavy atom. The van der Waals surface area contributed by atoms with E-state index >= 15 is 0 Å². The number of nitrogens with one attached hydrogen (secondary N) is 1. The lowest BCUT2D eigenvalue weighted by molar-refractivity contribution is 0.180. The Balaban J connectivity index is 2.11. The number of H-pyrrole nitrogens is 1. The van der Waals surface area contributed by atoms with Crippen molar-refractivity contribution in [1.82, 2.24) is 14.9 Å². The number of benzene rings is 1. The third kappa shape index (κ3) is 1.97. The predicted octanol–water partition coefficient (Wildman–Crippen LogP) is 1.62. The molecule has 1 aliphatic rings. The maximum atomic E-state index is 5.92. The van der Waals surface area contributed by atoms with Gasteiger partial charge in [0.05, 0.1) is 18.1 Å². The molecule has 0 spiro atoms. The molecule has 0 saturated carbocycles. The van der Waals surface area contributed by atoms with Crippen molar-refractivity contribution in [3.05, 3.63) is 53.1 Å². The Kier molecular flexibility index (Phi) is 3.12. The lowest BCUT2D eigenvalue weighted by Gasteiger charge is -2.39. The van der Waals surface area contributed by atoms with Crippen LogP contribution in [0.1, 0.15) is 28.6 Å². The van der Waals surface area contributed by atoms with Crippen molar-refractivity contribution in [1.29, 1.82) is 0 Å². The normalized spacial score (nSPS) is 23.3. The molecule has 2 atom stereocenters. The number of aromatic amines is 1. The van der Waals surface area contributed by atoms with Gasteiger partial charge < -0.3 is 10.7 Å². The minimum Gasteiger partial charge on any atom is -0.348 e. The third-order valence-corrected chi connectivity index (χ3v) is 4.19. The second-order valence-corrected chi connectivity index (χ2v) is 5.28. The highest BCUT2D eigenvalue weighted by Crippen LogP contribution is 2.35. The lowest BCUT2D eigenvalue weighted by atomic mass is 9.90. The number of imidazole rings is 1. The second kappa shape index (κ2) is 4.79. The van der Waals surface area contributed by atoms with E-state index in [4.69, 9.17) is 5.73 Å². The SMILES string of the molecule is Cc1ccccc1C1c2nc[nH]c2CC(CN)N1C. The number of hydrogen-bond acceptors (Lipinski definition) is 3. The molecule has 0 radical (unpaired) electrons. The highest BCUT2D eigenvalue weighted by molar-refractivity contribution is 5.37. The van der Waals surface area contributed by atoms with Crippen LogP contribution in [-0.2, 0) is 6.42 Å². The molecule has 3 N–H and O–H groups in total. The monoisotopic (exact) mass is 256 g/mol. The summed E-state index contributed by atoms with van der Waals surface area (Å²) in [7, 11) is 2.15. The van der Waals surface area contributed by atoms with Gasteiger partial charge in [0.25, 0.3) is 0 Å². The van der Waals surface area contributed by atoms with E-state index in [-0.39, 0.29) is 6.04 Å². The Morgan fingerprint density at radius 1 is 1.42 bits per heavy atom. The molecular weight excluding hydrogens is 236 g/mol. The molecule has 2 unspecified atom stereocenters. The van der Waals surface area contributed by atoms with Crippen LogP contribution in [0.15, 0.2) is 30.6 Å². The van der Waals surface area contributed by atoms with Gasteiger partial charge in [-0.3, -0.25) is 4.90 Å². The summed E-state index contributed by atoms with van der Waals surface area (Å²) in [4.78, 5) is 10.2. The van der Waals surface area contributed by atoms with Gasteiger partial charge in [0.2, 0.25) is 0 Å². The number of rotatable bonds is 2. The summed E-state index contributed by atoms with van der Waals surface area (Å²) in [5.41, 5.74) is 10.9. The quantitative estimate of drug-likeness (QED) is 0.858. The van der Waals surface area contributed by atoms with Crippen molar-refractivity contribution in [2.75, 3.05) is 13.6 Å². The smallest absolute Gasteiger partial charge is 0.0926 e. The maximum Gasteiger partial charge on any atom is 0.0926 e. The molecule has 4 nitrogen and oxygen atoms in total. The summed E-state index contributed by atoms with van der Waals surface area (Å²) < 4.78 is 0. The van der Waals surface area contributed by atoms with Gasteiger partial charge in [-0.05, 0) is 25.1 Å². The topological polar surface area (TPSA) is 57.9 Å². The molecule has 4 heteroatoms. The van der Waals surface area contributed by atoms with Gasteiger partial charge in [0.15, 0.2) is 0 Å². The van der Waals surface area contributed by atoms with Crippen LogP contribution in [0.3, 0.4) is 0 Å². The van der Waals surface area contributed by atoms with Crippen molar-refractivity contribution < 1.29 is 0 Å². The molecule has 1 aliphatic heterocycles. The molecule has 0 saturated heterocycles. The molecule has 2 heterocycles. The first-order valence-corrected chi connectivity index (χ1v) is 6.72. The zero-order valence-corrected chi connectivity index (χ0v) is 11.4. The summed E-state index contributed by atoms with van der Waals surface area (Å²) in [5.74, 6) is 0. The predicted molar refractivity (Wildman–Crippen MR) is 75.9 cm³/mol. The molecule has 100 valence electrons. The van der Waals surface area contributed by atoms with Crippen LogP contribution >= 0.6 is 0 Å². The first-order chi connectivity index (χ1) is 9.22. The molecule has 0 bridgehead atoms. The van der Waals surface area contributed by atoms with Crippen LogP contribution in [0.4, 0.5) is 0 Å². The molecule has 19 heavy (non-hydrogen) atoms. The molecular formula is C15H20N4. The number of hydrogen-bond donors (Lipinski definition) is 2. The zero-order valence-electron chi connectivity index (χ0n) is 11.4. The van der Waals surface area contributed by atoms with E-state index in [1.807, 2.05) is 0 Å². The third-order valence-electron chi connectivity index (χ3n) is 4.19. The first-order valence-electron chi connectivity index (χ1n) is 6.72. The highest BCUT2D eigenvalue weighted by Gasteiger charge is 2.34. The van der Waals surface area contributed by atoms with Gasteiger partial charge >= 0.3 is 0 Å². The van der Waals surface area contributed by atoms with Crippen LogP contribution < -0.4 is 5.73 Å². The average Bonchev–Trinajstić information content (AvgIpc) is 2.87. The standard InChI is InChI=1S/C15H20N4/c1-10-5-3-4-6-12(10)15-14-13(17-9-18-14)7-11(8-16)19(15)2/h3-6,9,11,15H,7-8,16H2,1-2H3,(H,17,18). The van der Waals surface area contributed by atoms with Gasteiger partial charge in [0, 0.05) is 24.7 Å². The summed E-state index contributed by atoms with van der Waals surface area (Å²) in [5, 5.41) is 0. The van der Waals surface area contributed by atoms with Gasteiger partial charge in [0.1, 0.15) is 0 Å². The van der Waals surface area contributed by atoms with Crippen LogP contribution in [0.2, 0.25) is 0 Å². The van der Waals surface area contributed by atoms with Gasteiger partial charge in [-0.25, -0.2) is 4.98 Å². The van der Waals surface area contributed by atoms with Crippen LogP contribution in [0.25, 0.3) is 0 Å². The van der Waals surface area contributed by atoms with E-state index < -0.39 is 0 Å². The Morgan fingerprint density at radius 2 is 2.21 bits per heavy atom. The minimum atomic E-state index is 0.199. The summed E-state index contributed by atoms with van der Waals surface area (Å²) in [6, 6.07) is 9.07. The fraction of sp³-hybridized carbons (Fsp3) is 0.400. The van der Waals surface area contributed by atoms with E-state index in [1.54, 1.807) is 6.33 Å². The molecule has 1 aromatic heterocycles. The van der Waals surface area contributed by atoms with E-state index in [9.17, 15) is 0 Å². The van der Waals surface area contributed by atoms with Gasteiger partial charge in [-0.15, -0.1) is 0 Å². The van der Waals surface area contributed by atoms with E-state index in [1.165, 1.54) is 16.8 Å². The molecule has 1 aromatic carbocycles. The number of fused-ring (bicyclic) bond motifs is 1. The Bertz CT molecular complexity index is 575. The number of nitrogens with zero attached hydrogens (tertiary/aromatic N) is 2. The van der Waals surface area contributed by atoms with Crippen molar-refractivity contribution in [2.45, 2.75) is 25.4 Å². The minimum absolute atomic E-state index is 0.199. The van der Waals surface area contributed by atoms with Crippen molar-refractivity contribution in [3.63, 3.8) is 0 Å². The van der Waals surface area contributed by atoms with E-state index in [0.717, 1.165) is 12.1 Å². The fourth-order valence-electron chi connectivity index (χ4n) is 3.02. The van der Waals surface area contributed by atoms with Crippen LogP contribution in [-0.4, -0.2) is 34.5 Å². The lowest BCUT2D eigenvalue weighted by Crippen LogP contribution is -2.46. The fourth-order valence-corrected chi connectivity index (χ4v) is 3.02. The van der Waals surface area contributed by atoms with E-state index in [0.29, 0.717) is 12.6 Å². The molecule has 0 amide bonds. The van der Waals surface area contributed by atoms with Crippen molar-refractivity contribution in [3.8, 4) is 0 Å². The van der Waals surface area contributed by atoms with Crippen molar-refractivity contribution in [2.24, 2.45) is 5.73 Å².